The fraction of sp³-hybridized carbons (Fsp3) is 0.435. The van der Waals surface area contributed by atoms with Crippen molar-refractivity contribution in [3.8, 4) is 5.75 Å². The summed E-state index contributed by atoms with van der Waals surface area (Å²) in [5.74, 6) is 0.765. The Bertz CT molecular complexity index is 787. The van der Waals surface area contributed by atoms with Crippen molar-refractivity contribution in [3.05, 3.63) is 59.4 Å². The number of aliphatic hydroxyl groups is 1. The van der Waals surface area contributed by atoms with E-state index in [1.807, 2.05) is 24.3 Å². The highest BCUT2D eigenvalue weighted by atomic mass is 16.5. The molecule has 1 fully saturated rings. The first-order chi connectivity index (χ1) is 13.5. The van der Waals surface area contributed by atoms with Crippen LogP contribution in [-0.2, 0) is 4.79 Å². The Morgan fingerprint density at radius 2 is 1.96 bits per heavy atom. The number of hydrogen-bond acceptors (Lipinski definition) is 5. The van der Waals surface area contributed by atoms with Gasteiger partial charge in [-0.3, -0.25) is 4.90 Å². The van der Waals surface area contributed by atoms with Crippen molar-refractivity contribution < 1.29 is 14.6 Å². The van der Waals surface area contributed by atoms with Crippen LogP contribution in [-0.4, -0.2) is 56.1 Å². The zero-order valence-electron chi connectivity index (χ0n) is 17.0. The Balaban J connectivity index is 1.66. The molecule has 1 aliphatic heterocycles. The monoisotopic (exact) mass is 382 g/mol. The van der Waals surface area contributed by atoms with E-state index >= 15 is 0 Å². The lowest BCUT2D eigenvalue weighted by Gasteiger charge is -2.37. The molecule has 3 rings (SSSR count). The topological polar surface area (TPSA) is 53.0 Å². The van der Waals surface area contributed by atoms with E-state index in [-0.39, 0.29) is 5.76 Å². The maximum Gasteiger partial charge on any atom is 0.134 e. The second-order valence-corrected chi connectivity index (χ2v) is 7.71. The molecule has 5 heteroatoms. The maximum absolute atomic E-state index is 11.6. The highest BCUT2D eigenvalue weighted by Crippen LogP contribution is 2.27. The number of allylic oxidation sites excluding steroid dienone is 5. The number of aldehydes is 1. The lowest BCUT2D eigenvalue weighted by molar-refractivity contribution is -0.110. The summed E-state index contributed by atoms with van der Waals surface area (Å²) in [6.45, 7) is 8.51. The van der Waals surface area contributed by atoms with Crippen molar-refractivity contribution in [1.29, 1.82) is 0 Å². The van der Waals surface area contributed by atoms with Gasteiger partial charge in [0, 0.05) is 44.5 Å². The SMILES string of the molecule is COc1cccc(N2CCN(CC3=CC=C(C(C)C)C=C(O)C3C=O)CC2)c1. The number of carbonyl (C=O) groups excluding carboxylic acids is 1. The Morgan fingerprint density at radius 3 is 2.61 bits per heavy atom. The van der Waals surface area contributed by atoms with Crippen LogP contribution in [0.5, 0.6) is 5.75 Å². The fourth-order valence-electron chi connectivity index (χ4n) is 3.70. The lowest BCUT2D eigenvalue weighted by atomic mass is 9.97. The molecule has 1 N–H and O–H groups in total. The van der Waals surface area contributed by atoms with E-state index in [1.54, 1.807) is 13.2 Å². The van der Waals surface area contributed by atoms with Crippen LogP contribution in [0.1, 0.15) is 13.8 Å². The van der Waals surface area contributed by atoms with Gasteiger partial charge in [-0.1, -0.05) is 32.1 Å². The average Bonchev–Trinajstić information content (AvgIpc) is 2.87. The van der Waals surface area contributed by atoms with Crippen LogP contribution >= 0.6 is 0 Å². The molecule has 1 unspecified atom stereocenters. The summed E-state index contributed by atoms with van der Waals surface area (Å²) in [6.07, 6.45) is 6.64. The van der Waals surface area contributed by atoms with Crippen LogP contribution in [0, 0.1) is 11.8 Å². The van der Waals surface area contributed by atoms with Crippen molar-refractivity contribution in [2.24, 2.45) is 11.8 Å². The predicted molar refractivity (Wildman–Crippen MR) is 113 cm³/mol. The summed E-state index contributed by atoms with van der Waals surface area (Å²) in [5, 5.41) is 10.4. The van der Waals surface area contributed by atoms with E-state index in [9.17, 15) is 9.90 Å². The number of piperazine rings is 1. The van der Waals surface area contributed by atoms with Gasteiger partial charge in [0.05, 0.1) is 13.0 Å². The molecule has 1 heterocycles. The van der Waals surface area contributed by atoms with Gasteiger partial charge in [0.25, 0.3) is 0 Å². The number of aliphatic hydroxyl groups excluding tert-OH is 1. The Labute approximate surface area is 167 Å². The van der Waals surface area contributed by atoms with Crippen LogP contribution in [0.3, 0.4) is 0 Å². The molecule has 0 radical (unpaired) electrons. The number of methoxy groups -OCH3 is 1. The number of benzene rings is 1. The second-order valence-electron chi connectivity index (χ2n) is 7.71. The molecule has 150 valence electrons. The molecule has 2 aliphatic rings. The van der Waals surface area contributed by atoms with E-state index in [2.05, 4.69) is 35.8 Å². The number of rotatable bonds is 6. The van der Waals surface area contributed by atoms with Crippen molar-refractivity contribution >= 4 is 12.0 Å². The molecule has 1 aromatic carbocycles. The normalized spacial score (nSPS) is 20.9. The molecule has 1 saturated heterocycles. The highest BCUT2D eigenvalue weighted by Gasteiger charge is 2.25. The lowest BCUT2D eigenvalue weighted by Crippen LogP contribution is -2.47. The quantitative estimate of drug-likeness (QED) is 0.762. The Morgan fingerprint density at radius 1 is 1.21 bits per heavy atom. The van der Waals surface area contributed by atoms with E-state index in [1.165, 1.54) is 5.69 Å². The molecule has 5 nitrogen and oxygen atoms in total. The third kappa shape index (κ3) is 4.65. The number of ether oxygens (including phenoxy) is 1. The number of anilines is 1. The van der Waals surface area contributed by atoms with Crippen LogP contribution in [0.25, 0.3) is 0 Å². The van der Waals surface area contributed by atoms with Crippen LogP contribution < -0.4 is 9.64 Å². The fourth-order valence-corrected chi connectivity index (χ4v) is 3.70. The third-order valence-electron chi connectivity index (χ3n) is 5.52. The molecule has 1 atom stereocenters. The molecule has 0 bridgehead atoms. The molecule has 0 saturated carbocycles. The predicted octanol–water partition coefficient (Wildman–Crippen LogP) is 3.60. The van der Waals surface area contributed by atoms with Crippen LogP contribution in [0.4, 0.5) is 5.69 Å². The summed E-state index contributed by atoms with van der Waals surface area (Å²) in [5.41, 5.74) is 3.17. The highest BCUT2D eigenvalue weighted by molar-refractivity contribution is 5.65. The summed E-state index contributed by atoms with van der Waals surface area (Å²) in [6, 6.07) is 8.14. The van der Waals surface area contributed by atoms with Gasteiger partial charge in [-0.2, -0.15) is 0 Å². The molecule has 28 heavy (non-hydrogen) atoms. The van der Waals surface area contributed by atoms with Gasteiger partial charge in [0.1, 0.15) is 17.8 Å². The summed E-state index contributed by atoms with van der Waals surface area (Å²) in [4.78, 5) is 16.3. The Hall–Kier alpha value is -2.53. The van der Waals surface area contributed by atoms with Gasteiger partial charge in [-0.15, -0.1) is 0 Å². The Kier molecular flexibility index (Phi) is 6.57. The largest absolute Gasteiger partial charge is 0.511 e. The molecule has 0 spiro atoms. The van der Waals surface area contributed by atoms with Gasteiger partial charge in [-0.25, -0.2) is 0 Å². The summed E-state index contributed by atoms with van der Waals surface area (Å²) < 4.78 is 5.33. The van der Waals surface area contributed by atoms with E-state index < -0.39 is 5.92 Å². The van der Waals surface area contributed by atoms with Crippen LogP contribution in [0.15, 0.2) is 59.4 Å². The molecular weight excluding hydrogens is 352 g/mol. The van der Waals surface area contributed by atoms with Gasteiger partial charge >= 0.3 is 0 Å². The first-order valence-corrected chi connectivity index (χ1v) is 9.89. The molecular formula is C23H30N2O3. The molecule has 1 aromatic rings. The summed E-state index contributed by atoms with van der Waals surface area (Å²) >= 11 is 0. The van der Waals surface area contributed by atoms with Gasteiger partial charge in [0.2, 0.25) is 0 Å². The minimum atomic E-state index is -0.552. The number of nitrogens with zero attached hydrogens (tertiary/aromatic N) is 2. The van der Waals surface area contributed by atoms with E-state index in [0.29, 0.717) is 12.5 Å². The maximum atomic E-state index is 11.6. The van der Waals surface area contributed by atoms with Crippen molar-refractivity contribution in [1.82, 2.24) is 4.90 Å². The summed E-state index contributed by atoms with van der Waals surface area (Å²) in [7, 11) is 1.68. The second kappa shape index (κ2) is 9.11. The van der Waals surface area contributed by atoms with E-state index in [0.717, 1.165) is 49.4 Å². The zero-order chi connectivity index (χ0) is 20.1. The smallest absolute Gasteiger partial charge is 0.134 e. The van der Waals surface area contributed by atoms with Crippen molar-refractivity contribution in [2.75, 3.05) is 44.7 Å². The average molecular weight is 383 g/mol. The first-order valence-electron chi connectivity index (χ1n) is 9.89. The number of hydrogen-bond donors (Lipinski definition) is 1. The third-order valence-corrected chi connectivity index (χ3v) is 5.52. The van der Waals surface area contributed by atoms with E-state index in [4.69, 9.17) is 4.74 Å². The van der Waals surface area contributed by atoms with Gasteiger partial charge in [0.15, 0.2) is 0 Å². The molecule has 1 aliphatic carbocycles. The minimum Gasteiger partial charge on any atom is -0.511 e. The standard InChI is InChI=1S/C23H30N2O3/c1-17(2)18-7-8-19(22(16-26)23(27)13-18)15-24-9-11-25(12-10-24)20-5-4-6-21(14-20)28-3/h4-8,13-14,16-17,22,27H,9-12,15H2,1-3H3. The molecule has 0 amide bonds. The zero-order valence-corrected chi connectivity index (χ0v) is 17.0. The first kappa shape index (κ1) is 20.2. The minimum absolute atomic E-state index is 0.147. The van der Waals surface area contributed by atoms with Crippen LogP contribution in [0.2, 0.25) is 0 Å². The molecule has 0 aromatic heterocycles. The van der Waals surface area contributed by atoms with Gasteiger partial charge in [-0.05, 0) is 35.3 Å². The van der Waals surface area contributed by atoms with Crippen molar-refractivity contribution in [3.63, 3.8) is 0 Å². The van der Waals surface area contributed by atoms with Crippen molar-refractivity contribution in [2.45, 2.75) is 13.8 Å². The number of carbonyl (C=O) groups is 1. The van der Waals surface area contributed by atoms with Gasteiger partial charge < -0.3 is 19.5 Å².